The number of rotatable bonds is 6. The van der Waals surface area contributed by atoms with Crippen LogP contribution in [0.25, 0.3) is 0 Å². The molecule has 1 amide bonds. The van der Waals surface area contributed by atoms with E-state index in [4.69, 9.17) is 25.8 Å². The average molecular weight is 334 g/mol. The van der Waals surface area contributed by atoms with Crippen LogP contribution >= 0.6 is 11.6 Å². The summed E-state index contributed by atoms with van der Waals surface area (Å²) in [6, 6.07) is 12.7. The first-order chi connectivity index (χ1) is 11.2. The second-order valence-corrected chi connectivity index (χ2v) is 5.47. The van der Waals surface area contributed by atoms with Gasteiger partial charge in [0.1, 0.15) is 5.75 Å². The van der Waals surface area contributed by atoms with Crippen LogP contribution in [0.1, 0.15) is 5.56 Å². The van der Waals surface area contributed by atoms with Crippen molar-refractivity contribution < 1.29 is 19.0 Å². The molecule has 6 heteroatoms. The Kier molecular flexibility index (Phi) is 4.88. The summed E-state index contributed by atoms with van der Waals surface area (Å²) in [4.78, 5) is 11.8. The monoisotopic (exact) mass is 333 g/mol. The number of carbonyl (C=O) groups is 1. The first-order valence-electron chi connectivity index (χ1n) is 7.24. The van der Waals surface area contributed by atoms with Gasteiger partial charge in [0.15, 0.2) is 18.1 Å². The van der Waals surface area contributed by atoms with Crippen LogP contribution in [-0.4, -0.2) is 25.9 Å². The standard InChI is InChI=1S/C17H16ClNO4/c18-13-2-4-14(5-3-13)21-10-17(20)19-8-7-12-1-6-15-16(9-12)23-11-22-15/h1-6,9H,7-8,10-11H2,(H,19,20). The molecule has 120 valence electrons. The molecule has 2 aromatic rings. The van der Waals surface area contributed by atoms with Gasteiger partial charge in [0.2, 0.25) is 6.79 Å². The SMILES string of the molecule is O=C(COc1ccc(Cl)cc1)NCCc1ccc2c(c1)OCO2. The van der Waals surface area contributed by atoms with E-state index in [1.54, 1.807) is 24.3 Å². The molecule has 3 rings (SSSR count). The molecule has 0 spiro atoms. The van der Waals surface area contributed by atoms with Gasteiger partial charge < -0.3 is 19.5 Å². The van der Waals surface area contributed by atoms with Gasteiger partial charge in [-0.3, -0.25) is 4.79 Å². The van der Waals surface area contributed by atoms with Crippen molar-refractivity contribution in [2.75, 3.05) is 19.9 Å². The van der Waals surface area contributed by atoms with Gasteiger partial charge in [0.25, 0.3) is 5.91 Å². The lowest BCUT2D eigenvalue weighted by Crippen LogP contribution is -2.30. The maximum Gasteiger partial charge on any atom is 0.257 e. The molecule has 1 N–H and O–H groups in total. The topological polar surface area (TPSA) is 56.8 Å². The Labute approximate surface area is 139 Å². The summed E-state index contributed by atoms with van der Waals surface area (Å²) < 4.78 is 16.0. The molecule has 23 heavy (non-hydrogen) atoms. The minimum atomic E-state index is -0.166. The van der Waals surface area contributed by atoms with Crippen LogP contribution in [0.15, 0.2) is 42.5 Å². The molecule has 0 aliphatic carbocycles. The van der Waals surface area contributed by atoms with E-state index in [-0.39, 0.29) is 19.3 Å². The Bertz CT molecular complexity index is 687. The molecule has 0 fully saturated rings. The number of amides is 1. The van der Waals surface area contributed by atoms with Gasteiger partial charge in [-0.05, 0) is 48.4 Å². The first kappa shape index (κ1) is 15.5. The summed E-state index contributed by atoms with van der Waals surface area (Å²) in [5.41, 5.74) is 1.08. The second kappa shape index (κ2) is 7.24. The van der Waals surface area contributed by atoms with E-state index < -0.39 is 0 Å². The van der Waals surface area contributed by atoms with E-state index >= 15 is 0 Å². The van der Waals surface area contributed by atoms with Crippen molar-refractivity contribution in [2.45, 2.75) is 6.42 Å². The van der Waals surface area contributed by atoms with Gasteiger partial charge in [-0.2, -0.15) is 0 Å². The fourth-order valence-corrected chi connectivity index (χ4v) is 2.30. The number of fused-ring (bicyclic) bond motifs is 1. The molecule has 0 aromatic heterocycles. The van der Waals surface area contributed by atoms with Gasteiger partial charge in [0.05, 0.1) is 0 Å². The molecule has 0 unspecified atom stereocenters. The summed E-state index contributed by atoms with van der Waals surface area (Å²) in [5, 5.41) is 3.45. The fourth-order valence-electron chi connectivity index (χ4n) is 2.17. The zero-order valence-corrected chi connectivity index (χ0v) is 13.1. The van der Waals surface area contributed by atoms with Gasteiger partial charge in [-0.25, -0.2) is 0 Å². The van der Waals surface area contributed by atoms with Crippen molar-refractivity contribution in [2.24, 2.45) is 0 Å². The summed E-state index contributed by atoms with van der Waals surface area (Å²) >= 11 is 5.78. The van der Waals surface area contributed by atoms with E-state index in [9.17, 15) is 4.79 Å². The van der Waals surface area contributed by atoms with Crippen molar-refractivity contribution in [1.82, 2.24) is 5.32 Å². The van der Waals surface area contributed by atoms with E-state index in [0.29, 0.717) is 23.7 Å². The van der Waals surface area contributed by atoms with Crippen molar-refractivity contribution in [1.29, 1.82) is 0 Å². The third kappa shape index (κ3) is 4.29. The number of hydrogen-bond donors (Lipinski definition) is 1. The second-order valence-electron chi connectivity index (χ2n) is 5.03. The molecule has 5 nitrogen and oxygen atoms in total. The minimum Gasteiger partial charge on any atom is -0.484 e. The van der Waals surface area contributed by atoms with Crippen molar-refractivity contribution in [3.8, 4) is 17.2 Å². The van der Waals surface area contributed by atoms with E-state index in [0.717, 1.165) is 17.1 Å². The lowest BCUT2D eigenvalue weighted by Gasteiger charge is -2.08. The molecule has 0 atom stereocenters. The third-order valence-corrected chi connectivity index (χ3v) is 3.61. The highest BCUT2D eigenvalue weighted by Crippen LogP contribution is 2.32. The molecule has 0 radical (unpaired) electrons. The lowest BCUT2D eigenvalue weighted by atomic mass is 10.1. The fraction of sp³-hybridized carbons (Fsp3) is 0.235. The average Bonchev–Trinajstić information content (AvgIpc) is 3.02. The number of ether oxygens (including phenoxy) is 3. The quantitative estimate of drug-likeness (QED) is 0.883. The predicted octanol–water partition coefficient (Wildman–Crippen LogP) is 2.81. The molecule has 0 saturated heterocycles. The highest BCUT2D eigenvalue weighted by molar-refractivity contribution is 6.30. The maximum atomic E-state index is 11.8. The zero-order chi connectivity index (χ0) is 16.1. The highest BCUT2D eigenvalue weighted by atomic mass is 35.5. The van der Waals surface area contributed by atoms with E-state index in [1.165, 1.54) is 0 Å². The summed E-state index contributed by atoms with van der Waals surface area (Å²) in [5.74, 6) is 1.95. The Morgan fingerprint density at radius 2 is 1.91 bits per heavy atom. The first-order valence-corrected chi connectivity index (χ1v) is 7.62. The predicted molar refractivity (Wildman–Crippen MR) is 86.2 cm³/mol. The third-order valence-electron chi connectivity index (χ3n) is 3.36. The van der Waals surface area contributed by atoms with Crippen LogP contribution in [0, 0.1) is 0 Å². The van der Waals surface area contributed by atoms with Crippen LogP contribution in [-0.2, 0) is 11.2 Å². The molecule has 1 heterocycles. The number of hydrogen-bond acceptors (Lipinski definition) is 4. The molecule has 1 aliphatic rings. The Hall–Kier alpha value is -2.40. The summed E-state index contributed by atoms with van der Waals surface area (Å²) in [6.07, 6.45) is 0.712. The van der Waals surface area contributed by atoms with E-state index in [2.05, 4.69) is 5.32 Å². The summed E-state index contributed by atoms with van der Waals surface area (Å²) in [6.45, 7) is 0.767. The molecule has 0 saturated carbocycles. The van der Waals surface area contributed by atoms with Gasteiger partial charge in [-0.15, -0.1) is 0 Å². The molecular formula is C17H16ClNO4. The van der Waals surface area contributed by atoms with Crippen LogP contribution in [0.2, 0.25) is 5.02 Å². The minimum absolute atomic E-state index is 0.0250. The van der Waals surface area contributed by atoms with Crippen LogP contribution in [0.3, 0.4) is 0 Å². The van der Waals surface area contributed by atoms with Gasteiger partial charge in [-0.1, -0.05) is 17.7 Å². The van der Waals surface area contributed by atoms with Gasteiger partial charge >= 0.3 is 0 Å². The number of benzene rings is 2. The molecule has 1 aliphatic heterocycles. The Balaban J connectivity index is 1.40. The number of halogens is 1. The van der Waals surface area contributed by atoms with Crippen molar-refractivity contribution in [3.05, 3.63) is 53.1 Å². The maximum absolute atomic E-state index is 11.8. The number of nitrogens with one attached hydrogen (secondary N) is 1. The largest absolute Gasteiger partial charge is 0.484 e. The zero-order valence-electron chi connectivity index (χ0n) is 12.4. The van der Waals surface area contributed by atoms with Crippen LogP contribution in [0.5, 0.6) is 17.2 Å². The molecule has 0 bridgehead atoms. The Morgan fingerprint density at radius 3 is 2.74 bits per heavy atom. The normalized spacial score (nSPS) is 12.0. The Morgan fingerprint density at radius 1 is 1.13 bits per heavy atom. The molecule has 2 aromatic carbocycles. The van der Waals surface area contributed by atoms with Crippen LogP contribution < -0.4 is 19.5 Å². The smallest absolute Gasteiger partial charge is 0.257 e. The van der Waals surface area contributed by atoms with Crippen LogP contribution in [0.4, 0.5) is 0 Å². The van der Waals surface area contributed by atoms with Crippen molar-refractivity contribution >= 4 is 17.5 Å². The van der Waals surface area contributed by atoms with E-state index in [1.807, 2.05) is 18.2 Å². The van der Waals surface area contributed by atoms with Crippen molar-refractivity contribution in [3.63, 3.8) is 0 Å². The summed E-state index contributed by atoms with van der Waals surface area (Å²) in [7, 11) is 0. The van der Waals surface area contributed by atoms with Gasteiger partial charge in [0, 0.05) is 11.6 Å². The highest BCUT2D eigenvalue weighted by Gasteiger charge is 2.13. The lowest BCUT2D eigenvalue weighted by molar-refractivity contribution is -0.123. The number of carbonyl (C=O) groups excluding carboxylic acids is 1. The molecular weight excluding hydrogens is 318 g/mol.